The van der Waals surface area contributed by atoms with Crippen molar-refractivity contribution in [3.63, 3.8) is 0 Å². The highest BCUT2D eigenvalue weighted by molar-refractivity contribution is 6.56. The average Bonchev–Trinajstić information content (AvgIpc) is 2.27. The molecule has 1 nitrogen and oxygen atoms in total. The molecule has 0 spiro atoms. The zero-order valence-electron chi connectivity index (χ0n) is 5.89. The predicted molar refractivity (Wildman–Crippen MR) is 45.5 cm³/mol. The van der Waals surface area contributed by atoms with Gasteiger partial charge in [0.2, 0.25) is 0 Å². The third-order valence-corrected chi connectivity index (χ3v) is 2.50. The summed E-state index contributed by atoms with van der Waals surface area (Å²) in [5.74, 6) is 1.21. The fraction of sp³-hybridized carbons (Fsp3) is 0.500. The van der Waals surface area contributed by atoms with E-state index in [1.54, 1.807) is 0 Å². The molecule has 0 saturated carbocycles. The summed E-state index contributed by atoms with van der Waals surface area (Å²) in [5, 5.41) is 0. The molecule has 0 radical (unpaired) electrons. The summed E-state index contributed by atoms with van der Waals surface area (Å²) in [6, 6.07) is 0. The molecule has 0 unspecified atom stereocenters. The van der Waals surface area contributed by atoms with Crippen LogP contribution in [0.2, 0.25) is 0 Å². The number of halogens is 2. The molecule has 1 aliphatic heterocycles. The van der Waals surface area contributed by atoms with Crippen molar-refractivity contribution in [3.8, 4) is 0 Å². The molecule has 0 aromatic carbocycles. The fourth-order valence-corrected chi connectivity index (χ4v) is 2.01. The lowest BCUT2D eigenvalue weighted by Gasteiger charge is -2.06. The Morgan fingerprint density at radius 1 is 1.55 bits per heavy atom. The summed E-state index contributed by atoms with van der Waals surface area (Å²) in [4.78, 5) is 0. The molecule has 2 bridgehead atoms. The number of allylic oxidation sites excluding steroid dienone is 2. The van der Waals surface area contributed by atoms with Gasteiger partial charge in [0.25, 0.3) is 0 Å². The van der Waals surface area contributed by atoms with E-state index in [9.17, 15) is 0 Å². The van der Waals surface area contributed by atoms with Crippen molar-refractivity contribution in [2.45, 2.75) is 18.9 Å². The van der Waals surface area contributed by atoms with Crippen LogP contribution in [0.1, 0.15) is 12.8 Å². The molecule has 1 fully saturated rings. The molecule has 1 aliphatic carbocycles. The Hall–Kier alpha value is -0.140. The SMILES string of the molecule is ClC(Cl)=C1O[C@H]2C=CC[C@@H]1C2. The molecule has 60 valence electrons. The highest BCUT2D eigenvalue weighted by atomic mass is 35.5. The molecule has 0 aromatic rings. The summed E-state index contributed by atoms with van der Waals surface area (Å²) >= 11 is 11.3. The molecule has 0 N–H and O–H groups in total. The van der Waals surface area contributed by atoms with Crippen LogP contribution in [0.3, 0.4) is 0 Å². The maximum Gasteiger partial charge on any atom is 0.144 e. The third kappa shape index (κ3) is 1.27. The highest BCUT2D eigenvalue weighted by Gasteiger charge is 2.33. The zero-order chi connectivity index (χ0) is 7.84. The molecule has 1 saturated heterocycles. The van der Waals surface area contributed by atoms with Gasteiger partial charge in [-0.25, -0.2) is 0 Å². The zero-order valence-corrected chi connectivity index (χ0v) is 7.40. The second-order valence-electron chi connectivity index (χ2n) is 2.88. The standard InChI is InChI=1S/C8H8Cl2O/c9-8(10)7-5-2-1-3-6(4-5)11-7/h1,3,5-6H,2,4H2/t5-,6+/m1/s1. The molecule has 0 amide bonds. The Balaban J connectivity index is 2.27. The molecular weight excluding hydrogens is 183 g/mol. The summed E-state index contributed by atoms with van der Waals surface area (Å²) in [5.41, 5.74) is 0. The maximum atomic E-state index is 5.64. The van der Waals surface area contributed by atoms with Crippen LogP contribution in [-0.2, 0) is 4.74 Å². The van der Waals surface area contributed by atoms with Gasteiger partial charge in [0, 0.05) is 5.92 Å². The van der Waals surface area contributed by atoms with Crippen molar-refractivity contribution in [2.75, 3.05) is 0 Å². The van der Waals surface area contributed by atoms with Crippen molar-refractivity contribution in [2.24, 2.45) is 5.92 Å². The van der Waals surface area contributed by atoms with Crippen LogP contribution in [-0.4, -0.2) is 6.10 Å². The van der Waals surface area contributed by atoms with Crippen molar-refractivity contribution in [3.05, 3.63) is 22.4 Å². The Morgan fingerprint density at radius 3 is 3.00 bits per heavy atom. The van der Waals surface area contributed by atoms with E-state index < -0.39 is 0 Å². The van der Waals surface area contributed by atoms with Gasteiger partial charge in [-0.15, -0.1) is 0 Å². The Kier molecular flexibility index (Phi) is 1.86. The number of fused-ring (bicyclic) bond motifs is 2. The summed E-state index contributed by atoms with van der Waals surface area (Å²) in [7, 11) is 0. The van der Waals surface area contributed by atoms with E-state index in [0.717, 1.165) is 18.6 Å². The minimum atomic E-state index is 0.219. The van der Waals surface area contributed by atoms with Gasteiger partial charge >= 0.3 is 0 Å². The van der Waals surface area contributed by atoms with E-state index in [0.29, 0.717) is 10.4 Å². The van der Waals surface area contributed by atoms with Gasteiger partial charge in [0.1, 0.15) is 16.4 Å². The number of ether oxygens (including phenoxy) is 1. The first kappa shape index (κ1) is 7.51. The van der Waals surface area contributed by atoms with Gasteiger partial charge in [-0.1, -0.05) is 29.3 Å². The summed E-state index contributed by atoms with van der Waals surface area (Å²) < 4.78 is 5.77. The molecule has 2 aliphatic rings. The molecule has 2 atom stereocenters. The van der Waals surface area contributed by atoms with E-state index >= 15 is 0 Å². The maximum absolute atomic E-state index is 5.64. The van der Waals surface area contributed by atoms with Crippen LogP contribution in [0, 0.1) is 5.92 Å². The first-order valence-corrected chi connectivity index (χ1v) is 4.41. The van der Waals surface area contributed by atoms with Crippen LogP contribution < -0.4 is 0 Å². The number of rotatable bonds is 0. The van der Waals surface area contributed by atoms with E-state index in [2.05, 4.69) is 12.2 Å². The summed E-state index contributed by atoms with van der Waals surface area (Å²) in [6.45, 7) is 0. The van der Waals surface area contributed by atoms with Crippen LogP contribution in [0.4, 0.5) is 0 Å². The van der Waals surface area contributed by atoms with Gasteiger partial charge in [-0.2, -0.15) is 0 Å². The second-order valence-corrected chi connectivity index (χ2v) is 3.83. The van der Waals surface area contributed by atoms with Crippen LogP contribution in [0.15, 0.2) is 22.4 Å². The Morgan fingerprint density at radius 2 is 2.36 bits per heavy atom. The highest BCUT2D eigenvalue weighted by Crippen LogP contribution is 2.40. The topological polar surface area (TPSA) is 9.23 Å². The monoisotopic (exact) mass is 190 g/mol. The van der Waals surface area contributed by atoms with Crippen molar-refractivity contribution in [1.29, 1.82) is 0 Å². The molecule has 0 aromatic heterocycles. The van der Waals surface area contributed by atoms with Gasteiger partial charge in [-0.05, 0) is 18.9 Å². The third-order valence-electron chi connectivity index (χ3n) is 2.12. The normalized spacial score (nSPS) is 33.8. The van der Waals surface area contributed by atoms with Gasteiger partial charge < -0.3 is 4.74 Å². The van der Waals surface area contributed by atoms with E-state index in [1.807, 2.05) is 0 Å². The lowest BCUT2D eigenvalue weighted by atomic mass is 9.95. The van der Waals surface area contributed by atoms with Crippen LogP contribution in [0.25, 0.3) is 0 Å². The minimum Gasteiger partial charge on any atom is -0.488 e. The molecule has 11 heavy (non-hydrogen) atoms. The molecular formula is C8H8Cl2O. The van der Waals surface area contributed by atoms with E-state index in [1.165, 1.54) is 0 Å². The van der Waals surface area contributed by atoms with Gasteiger partial charge in [0.15, 0.2) is 0 Å². The number of hydrogen-bond donors (Lipinski definition) is 0. The largest absolute Gasteiger partial charge is 0.488 e. The van der Waals surface area contributed by atoms with Crippen LogP contribution in [0.5, 0.6) is 0 Å². The minimum absolute atomic E-state index is 0.219. The van der Waals surface area contributed by atoms with E-state index in [-0.39, 0.29) is 6.10 Å². The quantitative estimate of drug-likeness (QED) is 0.534. The second kappa shape index (κ2) is 2.72. The average molecular weight is 191 g/mol. The fourth-order valence-electron chi connectivity index (χ4n) is 1.61. The van der Waals surface area contributed by atoms with Gasteiger partial charge in [-0.3, -0.25) is 0 Å². The van der Waals surface area contributed by atoms with Crippen molar-refractivity contribution >= 4 is 23.2 Å². The Labute approximate surface area is 75.6 Å². The van der Waals surface area contributed by atoms with Crippen molar-refractivity contribution < 1.29 is 4.74 Å². The first-order chi connectivity index (χ1) is 5.27. The lowest BCUT2D eigenvalue weighted by Crippen LogP contribution is -2.03. The van der Waals surface area contributed by atoms with E-state index in [4.69, 9.17) is 27.9 Å². The summed E-state index contributed by atoms with van der Waals surface area (Å²) in [6.07, 6.45) is 6.46. The molecule has 1 heterocycles. The van der Waals surface area contributed by atoms with Crippen LogP contribution >= 0.6 is 23.2 Å². The first-order valence-electron chi connectivity index (χ1n) is 3.66. The smallest absolute Gasteiger partial charge is 0.144 e. The van der Waals surface area contributed by atoms with Crippen molar-refractivity contribution in [1.82, 2.24) is 0 Å². The van der Waals surface area contributed by atoms with Gasteiger partial charge in [0.05, 0.1) is 0 Å². The predicted octanol–water partition coefficient (Wildman–Crippen LogP) is 3.00. The lowest BCUT2D eigenvalue weighted by molar-refractivity contribution is 0.201. The Bertz CT molecular complexity index is 228. The molecule has 3 heteroatoms. The molecule has 2 rings (SSSR count). The number of hydrogen-bond acceptors (Lipinski definition) is 1.